The first-order chi connectivity index (χ1) is 6.33. The highest BCUT2D eigenvalue weighted by atomic mass is 16.5. The number of aromatic nitrogens is 1. The van der Waals surface area contributed by atoms with E-state index < -0.39 is 0 Å². The number of H-pyrrole nitrogens is 1. The van der Waals surface area contributed by atoms with Gasteiger partial charge in [0.25, 0.3) is 0 Å². The van der Waals surface area contributed by atoms with Gasteiger partial charge >= 0.3 is 0 Å². The molecule has 1 N–H and O–H groups in total. The Labute approximate surface area is 77.5 Å². The van der Waals surface area contributed by atoms with Crippen LogP contribution >= 0.6 is 0 Å². The molecule has 0 aliphatic carbocycles. The second-order valence-electron chi connectivity index (χ2n) is 3.24. The third-order valence-electron chi connectivity index (χ3n) is 2.31. The summed E-state index contributed by atoms with van der Waals surface area (Å²) >= 11 is 0. The van der Waals surface area contributed by atoms with Gasteiger partial charge in [-0.2, -0.15) is 0 Å². The van der Waals surface area contributed by atoms with Crippen LogP contribution in [0.2, 0.25) is 0 Å². The molecule has 0 atom stereocenters. The fourth-order valence-electron chi connectivity index (χ4n) is 1.63. The topological polar surface area (TPSA) is 25.0 Å². The third-order valence-corrected chi connectivity index (χ3v) is 2.31. The fourth-order valence-corrected chi connectivity index (χ4v) is 1.63. The maximum Gasteiger partial charge on any atom is 0.0733 e. The van der Waals surface area contributed by atoms with E-state index in [-0.39, 0.29) is 0 Å². The number of methoxy groups -OCH3 is 1. The van der Waals surface area contributed by atoms with Crippen LogP contribution in [0.1, 0.15) is 11.1 Å². The minimum Gasteiger partial charge on any atom is -0.380 e. The molecule has 1 aromatic heterocycles. The monoisotopic (exact) mass is 175 g/mol. The largest absolute Gasteiger partial charge is 0.380 e. The molecule has 0 unspecified atom stereocenters. The van der Waals surface area contributed by atoms with Crippen molar-refractivity contribution in [2.75, 3.05) is 7.11 Å². The zero-order valence-corrected chi connectivity index (χ0v) is 7.92. The molecular weight excluding hydrogens is 162 g/mol. The number of nitrogens with one attached hydrogen (secondary N) is 1. The molecule has 13 heavy (non-hydrogen) atoms. The molecule has 0 aliphatic rings. The van der Waals surface area contributed by atoms with E-state index in [0.29, 0.717) is 6.61 Å². The van der Waals surface area contributed by atoms with Gasteiger partial charge in [-0.25, -0.2) is 0 Å². The third kappa shape index (κ3) is 1.33. The second kappa shape index (κ2) is 3.23. The number of para-hydroxylation sites is 1. The van der Waals surface area contributed by atoms with Crippen LogP contribution in [0.3, 0.4) is 0 Å². The van der Waals surface area contributed by atoms with E-state index in [2.05, 4.69) is 30.1 Å². The lowest BCUT2D eigenvalue weighted by molar-refractivity contribution is 0.186. The van der Waals surface area contributed by atoms with E-state index in [1.807, 2.05) is 6.20 Å². The Hall–Kier alpha value is -1.28. The van der Waals surface area contributed by atoms with Crippen LogP contribution in [0.4, 0.5) is 0 Å². The summed E-state index contributed by atoms with van der Waals surface area (Å²) < 4.78 is 5.13. The summed E-state index contributed by atoms with van der Waals surface area (Å²) in [6.45, 7) is 2.77. The van der Waals surface area contributed by atoms with Crippen molar-refractivity contribution in [3.05, 3.63) is 35.5 Å². The van der Waals surface area contributed by atoms with E-state index >= 15 is 0 Å². The van der Waals surface area contributed by atoms with Crippen molar-refractivity contribution in [1.29, 1.82) is 0 Å². The van der Waals surface area contributed by atoms with E-state index in [9.17, 15) is 0 Å². The molecule has 2 nitrogen and oxygen atoms in total. The van der Waals surface area contributed by atoms with E-state index in [0.717, 1.165) is 0 Å². The van der Waals surface area contributed by atoms with Gasteiger partial charge in [0.1, 0.15) is 0 Å². The molecule has 2 aromatic rings. The van der Waals surface area contributed by atoms with Gasteiger partial charge in [-0.3, -0.25) is 0 Å². The first kappa shape index (κ1) is 8.32. The lowest BCUT2D eigenvalue weighted by Gasteiger charge is -2.01. The van der Waals surface area contributed by atoms with E-state index in [1.165, 1.54) is 22.0 Å². The van der Waals surface area contributed by atoms with Gasteiger partial charge in [-0.05, 0) is 12.5 Å². The Morgan fingerprint density at radius 1 is 1.38 bits per heavy atom. The summed E-state index contributed by atoms with van der Waals surface area (Å²) in [5.74, 6) is 0. The Kier molecular flexibility index (Phi) is 2.07. The zero-order valence-electron chi connectivity index (χ0n) is 7.92. The Morgan fingerprint density at radius 2 is 2.23 bits per heavy atom. The number of hydrogen-bond donors (Lipinski definition) is 1. The van der Waals surface area contributed by atoms with Crippen LogP contribution in [0.15, 0.2) is 24.4 Å². The molecular formula is C11H13NO. The summed E-state index contributed by atoms with van der Waals surface area (Å²) in [6.07, 6.45) is 2.03. The summed E-state index contributed by atoms with van der Waals surface area (Å²) in [4.78, 5) is 3.26. The predicted molar refractivity (Wildman–Crippen MR) is 53.7 cm³/mol. The van der Waals surface area contributed by atoms with Crippen molar-refractivity contribution >= 4 is 10.9 Å². The Balaban J connectivity index is 2.63. The molecule has 2 heteroatoms. The SMILES string of the molecule is COCc1cccc2c(C)c[nH]c12. The van der Waals surface area contributed by atoms with Crippen molar-refractivity contribution in [3.63, 3.8) is 0 Å². The maximum atomic E-state index is 5.13. The van der Waals surface area contributed by atoms with Gasteiger partial charge in [-0.1, -0.05) is 18.2 Å². The Morgan fingerprint density at radius 3 is 3.00 bits per heavy atom. The summed E-state index contributed by atoms with van der Waals surface area (Å²) in [6, 6.07) is 6.28. The summed E-state index contributed by atoms with van der Waals surface area (Å²) in [7, 11) is 1.72. The molecule has 0 aliphatic heterocycles. The number of aryl methyl sites for hydroxylation is 1. The minimum atomic E-state index is 0.664. The normalized spacial score (nSPS) is 10.9. The molecule has 1 aromatic carbocycles. The number of aromatic amines is 1. The molecule has 0 amide bonds. The lowest BCUT2D eigenvalue weighted by Crippen LogP contribution is -1.88. The second-order valence-corrected chi connectivity index (χ2v) is 3.24. The fraction of sp³-hybridized carbons (Fsp3) is 0.273. The van der Waals surface area contributed by atoms with Crippen LogP contribution < -0.4 is 0 Å². The number of rotatable bonds is 2. The molecule has 2 rings (SSSR count). The smallest absolute Gasteiger partial charge is 0.0733 e. The first-order valence-electron chi connectivity index (χ1n) is 4.37. The average Bonchev–Trinajstić information content (AvgIpc) is 2.50. The van der Waals surface area contributed by atoms with Crippen molar-refractivity contribution in [2.24, 2.45) is 0 Å². The van der Waals surface area contributed by atoms with Gasteiger partial charge in [0, 0.05) is 24.3 Å². The number of benzene rings is 1. The van der Waals surface area contributed by atoms with Crippen molar-refractivity contribution < 1.29 is 4.74 Å². The molecule has 0 saturated carbocycles. The van der Waals surface area contributed by atoms with Crippen LogP contribution in [-0.4, -0.2) is 12.1 Å². The molecule has 0 fully saturated rings. The quantitative estimate of drug-likeness (QED) is 0.745. The van der Waals surface area contributed by atoms with Crippen molar-refractivity contribution in [2.45, 2.75) is 13.5 Å². The highest BCUT2D eigenvalue weighted by molar-refractivity contribution is 5.85. The van der Waals surface area contributed by atoms with Gasteiger partial charge in [0.2, 0.25) is 0 Å². The van der Waals surface area contributed by atoms with Crippen LogP contribution in [-0.2, 0) is 11.3 Å². The number of ether oxygens (including phenoxy) is 1. The van der Waals surface area contributed by atoms with Crippen LogP contribution in [0, 0.1) is 6.92 Å². The molecule has 0 radical (unpaired) electrons. The average molecular weight is 175 g/mol. The lowest BCUT2D eigenvalue weighted by atomic mass is 10.1. The highest BCUT2D eigenvalue weighted by Gasteiger charge is 2.03. The molecule has 1 heterocycles. The first-order valence-corrected chi connectivity index (χ1v) is 4.37. The van der Waals surface area contributed by atoms with Gasteiger partial charge in [0.15, 0.2) is 0 Å². The van der Waals surface area contributed by atoms with Crippen molar-refractivity contribution in [1.82, 2.24) is 4.98 Å². The molecule has 68 valence electrons. The van der Waals surface area contributed by atoms with Gasteiger partial charge < -0.3 is 9.72 Å². The molecule has 0 spiro atoms. The highest BCUT2D eigenvalue weighted by Crippen LogP contribution is 2.21. The summed E-state index contributed by atoms with van der Waals surface area (Å²) in [5, 5.41) is 1.29. The molecule has 0 bridgehead atoms. The van der Waals surface area contributed by atoms with Crippen molar-refractivity contribution in [3.8, 4) is 0 Å². The summed E-state index contributed by atoms with van der Waals surface area (Å²) in [5.41, 5.74) is 3.70. The minimum absolute atomic E-state index is 0.664. The number of fused-ring (bicyclic) bond motifs is 1. The van der Waals surface area contributed by atoms with Crippen LogP contribution in [0.5, 0.6) is 0 Å². The van der Waals surface area contributed by atoms with Crippen LogP contribution in [0.25, 0.3) is 10.9 Å². The number of hydrogen-bond acceptors (Lipinski definition) is 1. The Bertz CT molecular complexity index is 417. The van der Waals surface area contributed by atoms with E-state index in [4.69, 9.17) is 4.74 Å². The van der Waals surface area contributed by atoms with Gasteiger partial charge in [0.05, 0.1) is 12.1 Å². The standard InChI is InChI=1S/C11H13NO/c1-8-6-12-11-9(7-13-2)4-3-5-10(8)11/h3-6,12H,7H2,1-2H3. The van der Waals surface area contributed by atoms with Gasteiger partial charge in [-0.15, -0.1) is 0 Å². The van der Waals surface area contributed by atoms with E-state index in [1.54, 1.807) is 7.11 Å². The molecule has 0 saturated heterocycles. The predicted octanol–water partition coefficient (Wildman–Crippen LogP) is 2.62. The zero-order chi connectivity index (χ0) is 9.26. The maximum absolute atomic E-state index is 5.13.